The number of hydrogen-bond donors (Lipinski definition) is 0. The standard InChI is InChI=1S/C13H22N2O/c1-3-16-12-10-11(15(2)9-8-14)13(12)6-4-5-7-13/h11-12H,3-7,9-10H2,1-2H3/t11-,12+/m0/s1. The highest BCUT2D eigenvalue weighted by Crippen LogP contribution is 2.56. The van der Waals surface area contributed by atoms with Gasteiger partial charge in [-0.15, -0.1) is 0 Å². The van der Waals surface area contributed by atoms with Crippen LogP contribution in [0.2, 0.25) is 0 Å². The summed E-state index contributed by atoms with van der Waals surface area (Å²) in [6.07, 6.45) is 6.81. The maximum Gasteiger partial charge on any atom is 0.0866 e. The Bertz CT molecular complexity index is 278. The van der Waals surface area contributed by atoms with Crippen LogP contribution in [-0.2, 0) is 4.74 Å². The first kappa shape index (κ1) is 11.9. The minimum atomic E-state index is 0.377. The zero-order chi connectivity index (χ0) is 11.6. The average molecular weight is 222 g/mol. The summed E-state index contributed by atoms with van der Waals surface area (Å²) in [4.78, 5) is 2.22. The van der Waals surface area contributed by atoms with Crippen LogP contribution in [0.25, 0.3) is 0 Å². The minimum absolute atomic E-state index is 0.377. The molecule has 0 aromatic rings. The summed E-state index contributed by atoms with van der Waals surface area (Å²) in [5, 5.41) is 8.78. The van der Waals surface area contributed by atoms with Gasteiger partial charge < -0.3 is 4.74 Å². The number of hydrogen-bond acceptors (Lipinski definition) is 3. The third-order valence-electron chi connectivity index (χ3n) is 4.50. The molecule has 0 bridgehead atoms. The lowest BCUT2D eigenvalue weighted by molar-refractivity contribution is -0.158. The van der Waals surface area contributed by atoms with Crippen molar-refractivity contribution in [3.63, 3.8) is 0 Å². The van der Waals surface area contributed by atoms with E-state index in [0.29, 0.717) is 24.1 Å². The van der Waals surface area contributed by atoms with E-state index in [-0.39, 0.29) is 0 Å². The summed E-state index contributed by atoms with van der Waals surface area (Å²) in [6.45, 7) is 3.45. The Hall–Kier alpha value is -0.590. The highest BCUT2D eigenvalue weighted by molar-refractivity contribution is 5.10. The molecule has 0 saturated heterocycles. The van der Waals surface area contributed by atoms with Gasteiger partial charge in [-0.1, -0.05) is 12.8 Å². The Morgan fingerprint density at radius 1 is 1.44 bits per heavy atom. The monoisotopic (exact) mass is 222 g/mol. The first-order valence-corrected chi connectivity index (χ1v) is 6.43. The van der Waals surface area contributed by atoms with E-state index in [1.54, 1.807) is 0 Å². The van der Waals surface area contributed by atoms with E-state index in [1.165, 1.54) is 25.7 Å². The van der Waals surface area contributed by atoms with Gasteiger partial charge in [-0.25, -0.2) is 0 Å². The van der Waals surface area contributed by atoms with E-state index in [0.717, 1.165) is 13.0 Å². The average Bonchev–Trinajstić information content (AvgIpc) is 2.75. The molecule has 3 heteroatoms. The lowest BCUT2D eigenvalue weighted by Gasteiger charge is -2.56. The highest BCUT2D eigenvalue weighted by atomic mass is 16.5. The van der Waals surface area contributed by atoms with Crippen LogP contribution in [0.4, 0.5) is 0 Å². The topological polar surface area (TPSA) is 36.3 Å². The van der Waals surface area contributed by atoms with Crippen molar-refractivity contribution in [2.75, 3.05) is 20.2 Å². The van der Waals surface area contributed by atoms with Gasteiger partial charge in [-0.2, -0.15) is 5.26 Å². The fourth-order valence-electron chi connectivity index (χ4n) is 3.69. The van der Waals surface area contributed by atoms with Crippen molar-refractivity contribution in [3.05, 3.63) is 0 Å². The molecule has 2 aliphatic carbocycles. The number of nitrogens with zero attached hydrogens (tertiary/aromatic N) is 2. The molecule has 0 aromatic heterocycles. The molecule has 2 fully saturated rings. The van der Waals surface area contributed by atoms with Crippen LogP contribution in [0.1, 0.15) is 39.0 Å². The number of ether oxygens (including phenoxy) is 1. The Balaban J connectivity index is 2.03. The number of nitriles is 1. The van der Waals surface area contributed by atoms with E-state index < -0.39 is 0 Å². The second-order valence-corrected chi connectivity index (χ2v) is 5.21. The van der Waals surface area contributed by atoms with Gasteiger partial charge in [-0.05, 0) is 33.2 Å². The molecule has 0 radical (unpaired) electrons. The molecule has 0 unspecified atom stereocenters. The van der Waals surface area contributed by atoms with Gasteiger partial charge in [0.05, 0.1) is 18.7 Å². The second-order valence-electron chi connectivity index (χ2n) is 5.21. The van der Waals surface area contributed by atoms with Gasteiger partial charge in [0.25, 0.3) is 0 Å². The van der Waals surface area contributed by atoms with Crippen LogP contribution in [0.3, 0.4) is 0 Å². The first-order valence-electron chi connectivity index (χ1n) is 6.43. The van der Waals surface area contributed by atoms with Crippen LogP contribution in [-0.4, -0.2) is 37.2 Å². The van der Waals surface area contributed by atoms with Gasteiger partial charge in [0.2, 0.25) is 0 Å². The molecule has 2 atom stereocenters. The molecule has 0 aliphatic heterocycles. The SMILES string of the molecule is CCO[C@@H]1C[C@H](N(C)CC#N)C12CCCC2. The van der Waals surface area contributed by atoms with Gasteiger partial charge in [0, 0.05) is 18.1 Å². The summed E-state index contributed by atoms with van der Waals surface area (Å²) >= 11 is 0. The minimum Gasteiger partial charge on any atom is -0.378 e. The van der Waals surface area contributed by atoms with Gasteiger partial charge in [-0.3, -0.25) is 4.90 Å². The zero-order valence-electron chi connectivity index (χ0n) is 10.4. The first-order chi connectivity index (χ1) is 7.74. The van der Waals surface area contributed by atoms with Crippen molar-refractivity contribution >= 4 is 0 Å². The van der Waals surface area contributed by atoms with Crippen molar-refractivity contribution in [2.45, 2.75) is 51.2 Å². The van der Waals surface area contributed by atoms with E-state index in [1.807, 2.05) is 0 Å². The van der Waals surface area contributed by atoms with Crippen LogP contribution >= 0.6 is 0 Å². The molecule has 90 valence electrons. The molecular formula is C13H22N2O. The maximum atomic E-state index is 8.78. The largest absolute Gasteiger partial charge is 0.378 e. The molecule has 0 aromatic carbocycles. The smallest absolute Gasteiger partial charge is 0.0866 e. The van der Waals surface area contributed by atoms with Gasteiger partial charge in [0.15, 0.2) is 0 Å². The van der Waals surface area contributed by atoms with Crippen LogP contribution in [0.15, 0.2) is 0 Å². The molecule has 16 heavy (non-hydrogen) atoms. The summed E-state index contributed by atoms with van der Waals surface area (Å²) in [5.41, 5.74) is 0.377. The Morgan fingerprint density at radius 3 is 2.69 bits per heavy atom. The quantitative estimate of drug-likeness (QED) is 0.684. The number of rotatable bonds is 4. The Labute approximate surface area is 98.4 Å². The maximum absolute atomic E-state index is 8.78. The van der Waals surface area contributed by atoms with Crippen LogP contribution in [0, 0.1) is 16.7 Å². The normalized spacial score (nSPS) is 31.6. The fourth-order valence-corrected chi connectivity index (χ4v) is 3.69. The third kappa shape index (κ3) is 1.74. The summed E-state index contributed by atoms with van der Waals surface area (Å²) < 4.78 is 5.86. The summed E-state index contributed by atoms with van der Waals surface area (Å²) in [6, 6.07) is 2.83. The summed E-state index contributed by atoms with van der Waals surface area (Å²) in [5.74, 6) is 0. The van der Waals surface area contributed by atoms with Crippen molar-refractivity contribution < 1.29 is 4.74 Å². The highest BCUT2D eigenvalue weighted by Gasteiger charge is 2.57. The van der Waals surface area contributed by atoms with E-state index in [4.69, 9.17) is 10.00 Å². The molecular weight excluding hydrogens is 200 g/mol. The Kier molecular flexibility index (Phi) is 3.51. The van der Waals surface area contributed by atoms with Crippen molar-refractivity contribution in [2.24, 2.45) is 5.41 Å². The molecule has 3 nitrogen and oxygen atoms in total. The lowest BCUT2D eigenvalue weighted by Crippen LogP contribution is -2.62. The summed E-state index contributed by atoms with van der Waals surface area (Å²) in [7, 11) is 2.08. The van der Waals surface area contributed by atoms with E-state index in [2.05, 4.69) is 24.9 Å². The van der Waals surface area contributed by atoms with Crippen molar-refractivity contribution in [1.82, 2.24) is 4.90 Å². The molecule has 2 saturated carbocycles. The molecule has 0 heterocycles. The zero-order valence-corrected chi connectivity index (χ0v) is 10.4. The lowest BCUT2D eigenvalue weighted by atomic mass is 9.60. The van der Waals surface area contributed by atoms with Crippen LogP contribution < -0.4 is 0 Å². The third-order valence-corrected chi connectivity index (χ3v) is 4.50. The molecule has 1 spiro atoms. The van der Waals surface area contributed by atoms with Gasteiger partial charge >= 0.3 is 0 Å². The van der Waals surface area contributed by atoms with Crippen molar-refractivity contribution in [3.8, 4) is 6.07 Å². The molecule has 0 N–H and O–H groups in total. The fraction of sp³-hybridized carbons (Fsp3) is 0.923. The van der Waals surface area contributed by atoms with E-state index >= 15 is 0 Å². The predicted molar refractivity (Wildman–Crippen MR) is 63.0 cm³/mol. The van der Waals surface area contributed by atoms with E-state index in [9.17, 15) is 0 Å². The predicted octanol–water partition coefficient (Wildman–Crippen LogP) is 2.18. The van der Waals surface area contributed by atoms with Crippen LogP contribution in [0.5, 0.6) is 0 Å². The Morgan fingerprint density at radius 2 is 2.12 bits per heavy atom. The molecule has 2 rings (SSSR count). The van der Waals surface area contributed by atoms with Crippen molar-refractivity contribution in [1.29, 1.82) is 5.26 Å². The molecule has 2 aliphatic rings. The molecule has 0 amide bonds. The van der Waals surface area contributed by atoms with Gasteiger partial charge in [0.1, 0.15) is 0 Å². The second kappa shape index (κ2) is 4.73.